The average molecular weight is 343 g/mol. The van der Waals surface area contributed by atoms with Gasteiger partial charge in [0.25, 0.3) is 0 Å². The number of hydrogen-bond donors (Lipinski definition) is 1. The minimum atomic E-state index is -0.246. The number of rotatable bonds is 4. The van der Waals surface area contributed by atoms with Crippen LogP contribution in [0.25, 0.3) is 0 Å². The third-order valence-corrected chi connectivity index (χ3v) is 5.81. The predicted molar refractivity (Wildman–Crippen MR) is 85.8 cm³/mol. The third kappa shape index (κ3) is 3.45. The Morgan fingerprint density at radius 2 is 2.00 bits per heavy atom. The fraction of sp³-hybridized carbons (Fsp3) is 0.812. The summed E-state index contributed by atoms with van der Waals surface area (Å²) < 4.78 is 3.07. The van der Waals surface area contributed by atoms with Crippen LogP contribution in [-0.2, 0) is 13.0 Å². The van der Waals surface area contributed by atoms with Crippen molar-refractivity contribution < 1.29 is 5.11 Å². The molecule has 0 spiro atoms. The van der Waals surface area contributed by atoms with Crippen LogP contribution in [0.3, 0.4) is 0 Å². The van der Waals surface area contributed by atoms with Crippen molar-refractivity contribution in [2.24, 2.45) is 11.3 Å². The molecule has 1 aromatic rings. The summed E-state index contributed by atoms with van der Waals surface area (Å²) in [7, 11) is 0. The van der Waals surface area contributed by atoms with Gasteiger partial charge in [0, 0.05) is 13.0 Å². The Kier molecular flexibility index (Phi) is 4.96. The van der Waals surface area contributed by atoms with Gasteiger partial charge >= 0.3 is 0 Å². The SMILES string of the molecule is CCn1nc(C)c(Br)c1CC(O)C1CCC(C)(C)CC1. The van der Waals surface area contributed by atoms with Crippen LogP contribution >= 0.6 is 15.9 Å². The van der Waals surface area contributed by atoms with E-state index in [9.17, 15) is 5.11 Å². The molecule has 114 valence electrons. The first kappa shape index (κ1) is 16.0. The molecule has 1 aromatic heterocycles. The van der Waals surface area contributed by atoms with E-state index in [-0.39, 0.29) is 6.10 Å². The van der Waals surface area contributed by atoms with Crippen molar-refractivity contribution in [1.82, 2.24) is 9.78 Å². The number of aliphatic hydroxyl groups excluding tert-OH is 1. The third-order valence-electron chi connectivity index (χ3n) is 4.78. The molecule has 1 aliphatic carbocycles. The van der Waals surface area contributed by atoms with Crippen LogP contribution in [0.1, 0.15) is 57.8 Å². The minimum absolute atomic E-state index is 0.246. The van der Waals surface area contributed by atoms with E-state index >= 15 is 0 Å². The molecule has 0 radical (unpaired) electrons. The first-order valence-corrected chi connectivity index (χ1v) is 8.53. The number of hydrogen-bond acceptors (Lipinski definition) is 2. The molecular formula is C16H27BrN2O. The van der Waals surface area contributed by atoms with E-state index in [0.717, 1.165) is 35.2 Å². The van der Waals surface area contributed by atoms with Gasteiger partial charge < -0.3 is 5.11 Å². The van der Waals surface area contributed by atoms with Crippen LogP contribution in [-0.4, -0.2) is 21.0 Å². The number of aromatic nitrogens is 2. The molecular weight excluding hydrogens is 316 g/mol. The van der Waals surface area contributed by atoms with Crippen LogP contribution in [0, 0.1) is 18.3 Å². The lowest BCUT2D eigenvalue weighted by Crippen LogP contribution is -2.31. The lowest BCUT2D eigenvalue weighted by Gasteiger charge is -2.36. The summed E-state index contributed by atoms with van der Waals surface area (Å²) in [5.41, 5.74) is 2.61. The van der Waals surface area contributed by atoms with Crippen molar-refractivity contribution in [1.29, 1.82) is 0 Å². The molecule has 1 heterocycles. The van der Waals surface area contributed by atoms with E-state index in [1.807, 2.05) is 11.6 Å². The summed E-state index contributed by atoms with van der Waals surface area (Å²) >= 11 is 3.62. The van der Waals surface area contributed by atoms with E-state index in [1.54, 1.807) is 0 Å². The van der Waals surface area contributed by atoms with E-state index in [4.69, 9.17) is 0 Å². The molecule has 0 saturated heterocycles. The second kappa shape index (κ2) is 6.18. The summed E-state index contributed by atoms with van der Waals surface area (Å²) in [4.78, 5) is 0. The van der Waals surface area contributed by atoms with E-state index in [2.05, 4.69) is 41.8 Å². The Hall–Kier alpha value is -0.350. The molecule has 4 heteroatoms. The molecule has 1 fully saturated rings. The van der Waals surface area contributed by atoms with Crippen molar-refractivity contribution in [2.45, 2.75) is 72.4 Å². The topological polar surface area (TPSA) is 38.0 Å². The lowest BCUT2D eigenvalue weighted by molar-refractivity contribution is 0.0562. The zero-order valence-electron chi connectivity index (χ0n) is 13.1. The summed E-state index contributed by atoms with van der Waals surface area (Å²) in [5.74, 6) is 0.440. The Labute approximate surface area is 130 Å². The largest absolute Gasteiger partial charge is 0.392 e. The molecule has 1 aliphatic rings. The normalized spacial score (nSPS) is 21.1. The highest BCUT2D eigenvalue weighted by Crippen LogP contribution is 2.40. The standard InChI is InChI=1S/C16H27BrN2O/c1-5-19-13(15(17)11(2)18-19)10-14(20)12-6-8-16(3,4)9-7-12/h12,14,20H,5-10H2,1-4H3. The molecule has 0 bridgehead atoms. The Morgan fingerprint density at radius 1 is 1.40 bits per heavy atom. The molecule has 1 N–H and O–H groups in total. The predicted octanol–water partition coefficient (Wildman–Crippen LogP) is 4.09. The van der Waals surface area contributed by atoms with Crippen molar-refractivity contribution in [3.05, 3.63) is 15.9 Å². The van der Waals surface area contributed by atoms with Gasteiger partial charge in [-0.05, 0) is 66.8 Å². The maximum Gasteiger partial charge on any atom is 0.0738 e. The van der Waals surface area contributed by atoms with Gasteiger partial charge in [0.2, 0.25) is 0 Å². The maximum absolute atomic E-state index is 10.6. The summed E-state index contributed by atoms with van der Waals surface area (Å²) in [6.45, 7) is 9.63. The minimum Gasteiger partial charge on any atom is -0.392 e. The molecule has 1 atom stereocenters. The van der Waals surface area contributed by atoms with Crippen LogP contribution in [0.15, 0.2) is 4.47 Å². The quantitative estimate of drug-likeness (QED) is 0.894. The summed E-state index contributed by atoms with van der Waals surface area (Å²) in [6.07, 6.45) is 5.20. The zero-order chi connectivity index (χ0) is 14.9. The molecule has 1 saturated carbocycles. The molecule has 0 aliphatic heterocycles. The second-order valence-corrected chi connectivity index (χ2v) is 7.73. The van der Waals surface area contributed by atoms with E-state index in [0.29, 0.717) is 17.8 Å². The van der Waals surface area contributed by atoms with Crippen molar-refractivity contribution in [3.8, 4) is 0 Å². The number of aryl methyl sites for hydroxylation is 2. The van der Waals surface area contributed by atoms with Gasteiger partial charge in [0.15, 0.2) is 0 Å². The highest BCUT2D eigenvalue weighted by molar-refractivity contribution is 9.10. The van der Waals surface area contributed by atoms with Crippen LogP contribution in [0.5, 0.6) is 0 Å². The first-order valence-electron chi connectivity index (χ1n) is 7.74. The van der Waals surface area contributed by atoms with Crippen molar-refractivity contribution in [3.63, 3.8) is 0 Å². The molecule has 2 rings (SSSR count). The number of nitrogens with zero attached hydrogens (tertiary/aromatic N) is 2. The second-order valence-electron chi connectivity index (χ2n) is 6.93. The first-order chi connectivity index (χ1) is 9.34. The van der Waals surface area contributed by atoms with Gasteiger partial charge in [-0.15, -0.1) is 0 Å². The van der Waals surface area contributed by atoms with E-state index in [1.165, 1.54) is 12.8 Å². The highest BCUT2D eigenvalue weighted by Gasteiger charge is 2.31. The number of aliphatic hydroxyl groups is 1. The van der Waals surface area contributed by atoms with Crippen molar-refractivity contribution >= 4 is 15.9 Å². The summed E-state index contributed by atoms with van der Waals surface area (Å²) in [5, 5.41) is 15.1. The fourth-order valence-corrected chi connectivity index (χ4v) is 3.68. The fourth-order valence-electron chi connectivity index (χ4n) is 3.24. The lowest BCUT2D eigenvalue weighted by atomic mass is 9.71. The maximum atomic E-state index is 10.6. The monoisotopic (exact) mass is 342 g/mol. The Morgan fingerprint density at radius 3 is 2.55 bits per heavy atom. The molecule has 1 unspecified atom stereocenters. The highest BCUT2D eigenvalue weighted by atomic mass is 79.9. The molecule has 20 heavy (non-hydrogen) atoms. The summed E-state index contributed by atoms with van der Waals surface area (Å²) in [6, 6.07) is 0. The van der Waals surface area contributed by atoms with Crippen molar-refractivity contribution in [2.75, 3.05) is 0 Å². The van der Waals surface area contributed by atoms with Crippen LogP contribution in [0.4, 0.5) is 0 Å². The molecule has 0 amide bonds. The van der Waals surface area contributed by atoms with Gasteiger partial charge in [0.05, 0.1) is 22.0 Å². The molecule has 0 aromatic carbocycles. The zero-order valence-corrected chi connectivity index (χ0v) is 14.7. The van der Waals surface area contributed by atoms with Gasteiger partial charge in [-0.3, -0.25) is 4.68 Å². The Balaban J connectivity index is 2.03. The van der Waals surface area contributed by atoms with E-state index < -0.39 is 0 Å². The average Bonchev–Trinajstić information content (AvgIpc) is 2.66. The van der Waals surface area contributed by atoms with Gasteiger partial charge in [-0.2, -0.15) is 5.10 Å². The van der Waals surface area contributed by atoms with Gasteiger partial charge in [-0.1, -0.05) is 13.8 Å². The van der Waals surface area contributed by atoms with Gasteiger partial charge in [0.1, 0.15) is 0 Å². The van der Waals surface area contributed by atoms with Gasteiger partial charge in [-0.25, -0.2) is 0 Å². The van der Waals surface area contributed by atoms with Crippen LogP contribution in [0.2, 0.25) is 0 Å². The number of halogens is 1. The van der Waals surface area contributed by atoms with Crippen LogP contribution < -0.4 is 0 Å². The Bertz CT molecular complexity index is 457. The molecule has 3 nitrogen and oxygen atoms in total. The smallest absolute Gasteiger partial charge is 0.0738 e.